The zero-order valence-corrected chi connectivity index (χ0v) is 11.7. The van der Waals surface area contributed by atoms with Crippen LogP contribution in [0.1, 0.15) is 26.7 Å². The fourth-order valence-corrected chi connectivity index (χ4v) is 2.09. The molecule has 0 aromatic rings. The molecule has 0 unspecified atom stereocenters. The van der Waals surface area contributed by atoms with Crippen molar-refractivity contribution in [3.8, 4) is 0 Å². The van der Waals surface area contributed by atoms with E-state index in [2.05, 4.69) is 17.1 Å². The molecule has 0 aromatic heterocycles. The molecule has 0 radical (unpaired) electrons. The molecular weight excluding hydrogens is 214 g/mol. The van der Waals surface area contributed by atoms with Crippen molar-refractivity contribution in [2.45, 2.75) is 32.7 Å². The van der Waals surface area contributed by atoms with E-state index in [-0.39, 0.29) is 11.9 Å². The molecule has 100 valence electrons. The molecule has 1 saturated heterocycles. The Morgan fingerprint density at radius 2 is 2.00 bits per heavy atom. The first-order valence-electron chi connectivity index (χ1n) is 6.67. The molecule has 1 rings (SSSR count). The molecule has 1 fully saturated rings. The lowest BCUT2D eigenvalue weighted by molar-refractivity contribution is -0.134. The van der Waals surface area contributed by atoms with Gasteiger partial charge >= 0.3 is 0 Å². The highest BCUT2D eigenvalue weighted by molar-refractivity contribution is 5.81. The number of hydrogen-bond acceptors (Lipinski definition) is 3. The molecule has 1 N–H and O–H groups in total. The fraction of sp³-hybridized carbons (Fsp3) is 0.923. The van der Waals surface area contributed by atoms with Crippen molar-refractivity contribution in [1.29, 1.82) is 0 Å². The van der Waals surface area contributed by atoms with Gasteiger partial charge in [-0.3, -0.25) is 4.79 Å². The van der Waals surface area contributed by atoms with Gasteiger partial charge in [-0.05, 0) is 39.8 Å². The Bertz CT molecular complexity index is 235. The van der Waals surface area contributed by atoms with Gasteiger partial charge in [0.25, 0.3) is 0 Å². The van der Waals surface area contributed by atoms with E-state index < -0.39 is 0 Å². The second kappa shape index (κ2) is 6.97. The van der Waals surface area contributed by atoms with Crippen LogP contribution in [0.25, 0.3) is 0 Å². The number of likely N-dealkylation sites (N-methyl/N-ethyl adjacent to an activating group) is 1. The van der Waals surface area contributed by atoms with Crippen molar-refractivity contribution < 1.29 is 4.79 Å². The molecule has 1 atom stereocenters. The number of amides is 1. The Balaban J connectivity index is 2.26. The van der Waals surface area contributed by atoms with Crippen LogP contribution in [0.5, 0.6) is 0 Å². The number of piperidine rings is 1. The summed E-state index contributed by atoms with van der Waals surface area (Å²) < 4.78 is 0. The summed E-state index contributed by atoms with van der Waals surface area (Å²) in [4.78, 5) is 16.3. The Hall–Kier alpha value is -0.610. The van der Waals surface area contributed by atoms with Crippen LogP contribution in [-0.2, 0) is 4.79 Å². The SMILES string of the molecule is CC1CCN(C(=O)[C@H](C)NCCN(C)C)CC1. The Labute approximate surface area is 105 Å². The van der Waals surface area contributed by atoms with Crippen LogP contribution in [0.15, 0.2) is 0 Å². The summed E-state index contributed by atoms with van der Waals surface area (Å²) in [6.07, 6.45) is 2.30. The summed E-state index contributed by atoms with van der Waals surface area (Å²) >= 11 is 0. The monoisotopic (exact) mass is 241 g/mol. The predicted octanol–water partition coefficient (Wildman–Crippen LogP) is 0.785. The van der Waals surface area contributed by atoms with Crippen molar-refractivity contribution in [2.75, 3.05) is 40.3 Å². The highest BCUT2D eigenvalue weighted by atomic mass is 16.2. The smallest absolute Gasteiger partial charge is 0.239 e. The maximum Gasteiger partial charge on any atom is 0.239 e. The average molecular weight is 241 g/mol. The van der Waals surface area contributed by atoms with Crippen LogP contribution >= 0.6 is 0 Å². The van der Waals surface area contributed by atoms with E-state index in [1.165, 1.54) is 0 Å². The zero-order chi connectivity index (χ0) is 12.8. The summed E-state index contributed by atoms with van der Waals surface area (Å²) in [7, 11) is 4.08. The third-order valence-corrected chi connectivity index (χ3v) is 3.48. The first-order valence-corrected chi connectivity index (χ1v) is 6.67. The fourth-order valence-electron chi connectivity index (χ4n) is 2.09. The molecule has 0 aliphatic carbocycles. The Kier molecular flexibility index (Phi) is 5.92. The van der Waals surface area contributed by atoms with E-state index in [0.717, 1.165) is 44.9 Å². The van der Waals surface area contributed by atoms with Gasteiger partial charge in [0.15, 0.2) is 0 Å². The first-order chi connectivity index (χ1) is 8.00. The van der Waals surface area contributed by atoms with E-state index in [1.54, 1.807) is 0 Å². The third kappa shape index (κ3) is 5.04. The minimum Gasteiger partial charge on any atom is -0.341 e. The second-order valence-electron chi connectivity index (χ2n) is 5.49. The highest BCUT2D eigenvalue weighted by Crippen LogP contribution is 2.16. The van der Waals surface area contributed by atoms with Crippen LogP contribution in [0.3, 0.4) is 0 Å². The minimum absolute atomic E-state index is 0.0524. The van der Waals surface area contributed by atoms with E-state index in [1.807, 2.05) is 25.9 Å². The molecule has 1 aliphatic heterocycles. The number of carbonyl (C=O) groups excluding carboxylic acids is 1. The lowest BCUT2D eigenvalue weighted by atomic mass is 9.99. The van der Waals surface area contributed by atoms with Crippen LogP contribution in [0.4, 0.5) is 0 Å². The van der Waals surface area contributed by atoms with E-state index in [4.69, 9.17) is 0 Å². The first kappa shape index (κ1) is 14.5. The van der Waals surface area contributed by atoms with Gasteiger partial charge in [-0.15, -0.1) is 0 Å². The maximum atomic E-state index is 12.1. The van der Waals surface area contributed by atoms with Gasteiger partial charge in [0.2, 0.25) is 5.91 Å². The van der Waals surface area contributed by atoms with Crippen LogP contribution in [-0.4, -0.2) is 62.0 Å². The highest BCUT2D eigenvalue weighted by Gasteiger charge is 2.23. The summed E-state index contributed by atoms with van der Waals surface area (Å²) in [5, 5.41) is 3.29. The number of carbonyl (C=O) groups is 1. The quantitative estimate of drug-likeness (QED) is 0.773. The number of nitrogens with one attached hydrogen (secondary N) is 1. The van der Waals surface area contributed by atoms with Crippen molar-refractivity contribution in [3.63, 3.8) is 0 Å². The summed E-state index contributed by atoms with van der Waals surface area (Å²) in [5.41, 5.74) is 0. The van der Waals surface area contributed by atoms with Gasteiger partial charge in [-0.1, -0.05) is 6.92 Å². The van der Waals surface area contributed by atoms with Gasteiger partial charge in [-0.25, -0.2) is 0 Å². The number of nitrogens with zero attached hydrogens (tertiary/aromatic N) is 2. The van der Waals surface area contributed by atoms with Gasteiger partial charge < -0.3 is 15.1 Å². The molecule has 4 nitrogen and oxygen atoms in total. The molecule has 4 heteroatoms. The summed E-state index contributed by atoms with van der Waals surface area (Å²) in [6, 6.07) is -0.0524. The third-order valence-electron chi connectivity index (χ3n) is 3.48. The molecule has 0 aromatic carbocycles. The zero-order valence-electron chi connectivity index (χ0n) is 11.7. The lowest BCUT2D eigenvalue weighted by Gasteiger charge is -2.32. The predicted molar refractivity (Wildman–Crippen MR) is 71.0 cm³/mol. The van der Waals surface area contributed by atoms with E-state index in [0.29, 0.717) is 0 Å². The topological polar surface area (TPSA) is 35.6 Å². The van der Waals surface area contributed by atoms with Crippen molar-refractivity contribution in [3.05, 3.63) is 0 Å². The Morgan fingerprint density at radius 1 is 1.41 bits per heavy atom. The molecule has 0 saturated carbocycles. The average Bonchev–Trinajstić information content (AvgIpc) is 2.28. The largest absolute Gasteiger partial charge is 0.341 e. The second-order valence-corrected chi connectivity index (χ2v) is 5.49. The van der Waals surface area contributed by atoms with E-state index in [9.17, 15) is 4.79 Å². The van der Waals surface area contributed by atoms with Crippen LogP contribution in [0.2, 0.25) is 0 Å². The number of rotatable bonds is 5. The van der Waals surface area contributed by atoms with Gasteiger partial charge in [0.05, 0.1) is 6.04 Å². The molecule has 1 heterocycles. The molecular formula is C13H27N3O. The lowest BCUT2D eigenvalue weighted by Crippen LogP contribution is -2.48. The van der Waals surface area contributed by atoms with Gasteiger partial charge in [0.1, 0.15) is 0 Å². The number of hydrogen-bond donors (Lipinski definition) is 1. The maximum absolute atomic E-state index is 12.1. The van der Waals surface area contributed by atoms with Crippen molar-refractivity contribution in [1.82, 2.24) is 15.1 Å². The van der Waals surface area contributed by atoms with Crippen molar-refractivity contribution >= 4 is 5.91 Å². The number of likely N-dealkylation sites (tertiary alicyclic amines) is 1. The van der Waals surface area contributed by atoms with E-state index >= 15 is 0 Å². The molecule has 0 spiro atoms. The van der Waals surface area contributed by atoms with Gasteiger partial charge in [-0.2, -0.15) is 0 Å². The molecule has 0 bridgehead atoms. The Morgan fingerprint density at radius 3 is 2.53 bits per heavy atom. The normalized spacial score (nSPS) is 19.7. The summed E-state index contributed by atoms with van der Waals surface area (Å²) in [5.74, 6) is 1.03. The molecule has 1 aliphatic rings. The minimum atomic E-state index is -0.0524. The van der Waals surface area contributed by atoms with Crippen LogP contribution < -0.4 is 5.32 Å². The summed E-state index contributed by atoms with van der Waals surface area (Å²) in [6.45, 7) is 7.93. The molecule has 17 heavy (non-hydrogen) atoms. The molecule has 1 amide bonds. The standard InChI is InChI=1S/C13H27N3O/c1-11-5-8-16(9-6-11)13(17)12(2)14-7-10-15(3)4/h11-12,14H,5-10H2,1-4H3/t12-/m0/s1. The van der Waals surface area contributed by atoms with Crippen LogP contribution in [0, 0.1) is 5.92 Å². The van der Waals surface area contributed by atoms with Crippen molar-refractivity contribution in [2.24, 2.45) is 5.92 Å². The van der Waals surface area contributed by atoms with Gasteiger partial charge in [0, 0.05) is 26.2 Å².